The van der Waals surface area contributed by atoms with Crippen molar-refractivity contribution < 1.29 is 18.0 Å². The van der Waals surface area contributed by atoms with Gasteiger partial charge in [0, 0.05) is 18.0 Å². The average Bonchev–Trinajstić information content (AvgIpc) is 2.54. The van der Waals surface area contributed by atoms with Gasteiger partial charge >= 0.3 is 6.18 Å². The molecular weight excluding hydrogens is 219 g/mol. The van der Waals surface area contributed by atoms with Crippen LogP contribution in [0.25, 0.3) is 10.9 Å². The number of halogens is 3. The lowest BCUT2D eigenvalue weighted by Crippen LogP contribution is -2.04. The maximum absolute atomic E-state index is 12.5. The lowest BCUT2D eigenvalue weighted by molar-refractivity contribution is -0.137. The second kappa shape index (κ2) is 3.37. The summed E-state index contributed by atoms with van der Waals surface area (Å²) in [5.41, 5.74) is 0.0462. The van der Waals surface area contributed by atoms with Crippen LogP contribution in [0.4, 0.5) is 13.2 Å². The molecule has 0 spiro atoms. The fourth-order valence-electron chi connectivity index (χ4n) is 1.64. The fraction of sp³-hybridized carbons (Fsp3) is 0.182. The number of benzene rings is 1. The number of rotatable bonds is 1. The summed E-state index contributed by atoms with van der Waals surface area (Å²) in [6, 6.07) is 4.98. The minimum atomic E-state index is -4.36. The summed E-state index contributed by atoms with van der Waals surface area (Å²) in [5.74, 6) is 0. The van der Waals surface area contributed by atoms with Gasteiger partial charge in [0.15, 0.2) is 6.29 Å². The van der Waals surface area contributed by atoms with Gasteiger partial charge in [-0.05, 0) is 18.2 Å². The van der Waals surface area contributed by atoms with Crippen molar-refractivity contribution in [2.75, 3.05) is 0 Å². The Labute approximate surface area is 89.3 Å². The third-order valence-electron chi connectivity index (χ3n) is 2.53. The standard InChI is InChI=1S/C11H8F3NO/c1-15-9(6-16)4-7-2-3-8(5-10(7)15)11(12,13)14/h2-6H,1H3. The number of carbonyl (C=O) groups excluding carboxylic acids is 1. The van der Waals surface area contributed by atoms with Gasteiger partial charge in [-0.2, -0.15) is 13.2 Å². The van der Waals surface area contributed by atoms with Gasteiger partial charge in [-0.1, -0.05) is 6.07 Å². The highest BCUT2D eigenvalue weighted by Crippen LogP contribution is 2.31. The number of nitrogens with zero attached hydrogens (tertiary/aromatic N) is 1. The van der Waals surface area contributed by atoms with Crippen LogP contribution in [0, 0.1) is 0 Å². The average molecular weight is 227 g/mol. The summed E-state index contributed by atoms with van der Waals surface area (Å²) in [5, 5.41) is 0.623. The molecule has 16 heavy (non-hydrogen) atoms. The maximum Gasteiger partial charge on any atom is 0.416 e. The maximum atomic E-state index is 12.5. The van der Waals surface area contributed by atoms with Crippen LogP contribution in [0.3, 0.4) is 0 Å². The highest BCUT2D eigenvalue weighted by molar-refractivity contribution is 5.89. The van der Waals surface area contributed by atoms with Crippen LogP contribution in [-0.4, -0.2) is 10.9 Å². The first kappa shape index (κ1) is 10.7. The van der Waals surface area contributed by atoms with Gasteiger partial charge in [-0.25, -0.2) is 0 Å². The molecule has 0 fully saturated rings. The summed E-state index contributed by atoms with van der Waals surface area (Å²) < 4.78 is 38.8. The van der Waals surface area contributed by atoms with Crippen molar-refractivity contribution in [2.24, 2.45) is 7.05 Å². The van der Waals surface area contributed by atoms with E-state index in [0.717, 1.165) is 12.1 Å². The van der Waals surface area contributed by atoms with E-state index in [1.165, 1.54) is 10.6 Å². The van der Waals surface area contributed by atoms with Gasteiger partial charge < -0.3 is 4.57 Å². The van der Waals surface area contributed by atoms with E-state index in [0.29, 0.717) is 22.9 Å². The number of hydrogen-bond donors (Lipinski definition) is 0. The van der Waals surface area contributed by atoms with Crippen LogP contribution in [0.15, 0.2) is 24.3 Å². The van der Waals surface area contributed by atoms with E-state index in [2.05, 4.69) is 0 Å². The van der Waals surface area contributed by atoms with Gasteiger partial charge in [0.1, 0.15) is 0 Å². The van der Waals surface area contributed by atoms with Crippen molar-refractivity contribution in [1.82, 2.24) is 4.57 Å². The topological polar surface area (TPSA) is 22.0 Å². The molecule has 0 N–H and O–H groups in total. The SMILES string of the molecule is Cn1c(C=O)cc2ccc(C(F)(F)F)cc21. The van der Waals surface area contributed by atoms with Gasteiger partial charge in [-0.3, -0.25) is 4.79 Å². The molecule has 84 valence electrons. The van der Waals surface area contributed by atoms with Crippen LogP contribution < -0.4 is 0 Å². The molecule has 0 unspecified atom stereocenters. The third-order valence-corrected chi connectivity index (χ3v) is 2.53. The van der Waals surface area contributed by atoms with Crippen LogP contribution in [0.2, 0.25) is 0 Å². The molecule has 1 heterocycles. The largest absolute Gasteiger partial charge is 0.416 e. The zero-order chi connectivity index (χ0) is 11.9. The molecule has 0 aliphatic rings. The molecule has 2 rings (SSSR count). The van der Waals surface area contributed by atoms with E-state index in [1.54, 1.807) is 13.1 Å². The van der Waals surface area contributed by atoms with E-state index in [1.807, 2.05) is 0 Å². The van der Waals surface area contributed by atoms with Crippen molar-refractivity contribution in [2.45, 2.75) is 6.18 Å². The molecular formula is C11H8F3NO. The van der Waals surface area contributed by atoms with Crippen LogP contribution in [0.1, 0.15) is 16.1 Å². The number of hydrogen-bond acceptors (Lipinski definition) is 1. The minimum absolute atomic E-state index is 0.356. The predicted octanol–water partition coefficient (Wildman–Crippen LogP) is 3.01. The van der Waals surface area contributed by atoms with E-state index < -0.39 is 11.7 Å². The predicted molar refractivity (Wildman–Crippen MR) is 53.3 cm³/mol. The summed E-state index contributed by atoms with van der Waals surface area (Å²) in [7, 11) is 1.56. The zero-order valence-corrected chi connectivity index (χ0v) is 8.38. The van der Waals surface area contributed by atoms with Crippen molar-refractivity contribution in [3.05, 3.63) is 35.5 Å². The van der Waals surface area contributed by atoms with Crippen LogP contribution in [0.5, 0.6) is 0 Å². The molecule has 2 aromatic rings. The van der Waals surface area contributed by atoms with Crippen molar-refractivity contribution >= 4 is 17.2 Å². The summed E-state index contributed by atoms with van der Waals surface area (Å²) in [4.78, 5) is 10.6. The second-order valence-corrected chi connectivity index (χ2v) is 3.52. The number of aryl methyl sites for hydroxylation is 1. The minimum Gasteiger partial charge on any atom is -0.341 e. The summed E-state index contributed by atoms with van der Waals surface area (Å²) >= 11 is 0. The number of carbonyl (C=O) groups is 1. The quantitative estimate of drug-likeness (QED) is 0.686. The Kier molecular flexibility index (Phi) is 2.26. The Balaban J connectivity index is 2.70. The first-order valence-electron chi connectivity index (χ1n) is 4.55. The Morgan fingerprint density at radius 3 is 2.50 bits per heavy atom. The van der Waals surface area contributed by atoms with E-state index >= 15 is 0 Å². The first-order chi connectivity index (χ1) is 7.43. The number of aldehydes is 1. The highest BCUT2D eigenvalue weighted by Gasteiger charge is 2.30. The highest BCUT2D eigenvalue weighted by atomic mass is 19.4. The molecule has 0 saturated carbocycles. The molecule has 0 saturated heterocycles. The van der Waals surface area contributed by atoms with Crippen LogP contribution in [-0.2, 0) is 13.2 Å². The molecule has 0 amide bonds. The molecule has 0 aliphatic carbocycles. The van der Waals surface area contributed by atoms with E-state index in [-0.39, 0.29) is 0 Å². The molecule has 0 bridgehead atoms. The number of alkyl halides is 3. The third kappa shape index (κ3) is 1.58. The number of fused-ring (bicyclic) bond motifs is 1. The monoisotopic (exact) mass is 227 g/mol. The summed E-state index contributed by atoms with van der Waals surface area (Å²) in [6.07, 6.45) is -3.74. The van der Waals surface area contributed by atoms with Crippen LogP contribution >= 0.6 is 0 Å². The molecule has 0 aliphatic heterocycles. The Bertz CT molecular complexity index is 554. The molecule has 0 atom stereocenters. The molecule has 2 nitrogen and oxygen atoms in total. The first-order valence-corrected chi connectivity index (χ1v) is 4.55. The Morgan fingerprint density at radius 2 is 1.94 bits per heavy atom. The van der Waals surface area contributed by atoms with E-state index in [9.17, 15) is 18.0 Å². The lowest BCUT2D eigenvalue weighted by atomic mass is 10.1. The lowest BCUT2D eigenvalue weighted by Gasteiger charge is -2.07. The van der Waals surface area contributed by atoms with Gasteiger partial charge in [0.2, 0.25) is 0 Å². The molecule has 1 aromatic carbocycles. The normalized spacial score (nSPS) is 12.0. The zero-order valence-electron chi connectivity index (χ0n) is 8.38. The summed E-state index contributed by atoms with van der Waals surface area (Å²) in [6.45, 7) is 0. The van der Waals surface area contributed by atoms with Gasteiger partial charge in [0.05, 0.1) is 11.3 Å². The van der Waals surface area contributed by atoms with Gasteiger partial charge in [0.25, 0.3) is 0 Å². The second-order valence-electron chi connectivity index (χ2n) is 3.52. The smallest absolute Gasteiger partial charge is 0.341 e. The number of aromatic nitrogens is 1. The van der Waals surface area contributed by atoms with Crippen molar-refractivity contribution in [3.8, 4) is 0 Å². The van der Waals surface area contributed by atoms with E-state index in [4.69, 9.17) is 0 Å². The van der Waals surface area contributed by atoms with Crippen molar-refractivity contribution in [3.63, 3.8) is 0 Å². The van der Waals surface area contributed by atoms with Gasteiger partial charge in [-0.15, -0.1) is 0 Å². The molecule has 5 heteroatoms. The molecule has 0 radical (unpaired) electrons. The van der Waals surface area contributed by atoms with Crippen molar-refractivity contribution in [1.29, 1.82) is 0 Å². The Morgan fingerprint density at radius 1 is 1.25 bits per heavy atom. The molecule has 1 aromatic heterocycles. The fourth-order valence-corrected chi connectivity index (χ4v) is 1.64. The Hall–Kier alpha value is -1.78.